The van der Waals surface area contributed by atoms with Crippen LogP contribution in [0.3, 0.4) is 0 Å². The van der Waals surface area contributed by atoms with E-state index in [2.05, 4.69) is 0 Å². The molecule has 0 heterocycles. The second-order valence-electron chi connectivity index (χ2n) is 3.08. The van der Waals surface area contributed by atoms with Crippen LogP contribution in [0.2, 0.25) is 0 Å². The quantitative estimate of drug-likeness (QED) is 0.838. The zero-order valence-corrected chi connectivity index (χ0v) is 8.24. The molecule has 1 unspecified atom stereocenters. The minimum absolute atomic E-state index is 0.0638. The molecule has 0 amide bonds. The van der Waals surface area contributed by atoms with Crippen LogP contribution in [0.25, 0.3) is 0 Å². The highest BCUT2D eigenvalue weighted by atomic mass is 16.4. The number of carboxylic acids is 1. The molecule has 0 radical (unpaired) electrons. The lowest BCUT2D eigenvalue weighted by Gasteiger charge is -2.09. The van der Waals surface area contributed by atoms with E-state index in [1.807, 2.05) is 0 Å². The molecule has 1 N–H and O–H groups in total. The van der Waals surface area contributed by atoms with Gasteiger partial charge in [0.15, 0.2) is 0 Å². The van der Waals surface area contributed by atoms with Crippen LogP contribution >= 0.6 is 0 Å². The Bertz CT molecular complexity index is 585. The Morgan fingerprint density at radius 2 is 2.13 bits per heavy atom. The monoisotopic (exact) mass is 215 g/mol. The third-order valence-corrected chi connectivity index (χ3v) is 1.95. The van der Waals surface area contributed by atoms with Gasteiger partial charge < -0.3 is 5.11 Å². The molecule has 15 heavy (non-hydrogen) atoms. The van der Waals surface area contributed by atoms with E-state index in [1.165, 1.54) is 12.1 Å². The average Bonchev–Trinajstić information content (AvgIpc) is 2.34. The molecule has 0 saturated heterocycles. The molecule has 0 aliphatic heterocycles. The van der Waals surface area contributed by atoms with Crippen molar-refractivity contribution in [1.82, 2.24) is 0 Å². The summed E-state index contributed by atoms with van der Waals surface area (Å²) in [5.41, 5.74) is -0.140. The lowest BCUT2D eigenvalue weighted by Crippen LogP contribution is -2.07. The minimum atomic E-state index is -3.06. The van der Waals surface area contributed by atoms with Gasteiger partial charge in [0, 0.05) is 12.3 Å². The van der Waals surface area contributed by atoms with Gasteiger partial charge in [0.1, 0.15) is 0 Å². The van der Waals surface area contributed by atoms with Gasteiger partial charge in [0.05, 0.1) is 5.89 Å². The normalized spacial score (nSPS) is 26.4. The number of aliphatic carboxylic acids is 1. The fourth-order valence-corrected chi connectivity index (χ4v) is 1.11. The van der Waals surface area contributed by atoms with E-state index in [-0.39, 0.29) is 11.1 Å². The molecular weight excluding hydrogens is 188 g/mol. The van der Waals surface area contributed by atoms with Gasteiger partial charge in [-0.25, -0.2) is 0 Å². The summed E-state index contributed by atoms with van der Waals surface area (Å²) in [5, 5.41) is 9.02. The minimum Gasteiger partial charge on any atom is -0.481 e. The lowest BCUT2D eigenvalue weighted by molar-refractivity contribution is -0.138. The van der Waals surface area contributed by atoms with Gasteiger partial charge in [0.25, 0.3) is 0 Å². The van der Waals surface area contributed by atoms with Crippen molar-refractivity contribution in [2.75, 3.05) is 0 Å². The van der Waals surface area contributed by atoms with Gasteiger partial charge >= 0.3 is 5.97 Å². The van der Waals surface area contributed by atoms with Crippen molar-refractivity contribution in [2.24, 2.45) is 5.92 Å². The van der Waals surface area contributed by atoms with E-state index in [4.69, 9.17) is 17.4 Å². The van der Waals surface area contributed by atoms with Crippen LogP contribution in [0.15, 0.2) is 24.3 Å². The number of rotatable bonds is 4. The second kappa shape index (κ2) is 4.96. The van der Waals surface area contributed by atoms with Crippen molar-refractivity contribution in [1.29, 1.82) is 0 Å². The molecule has 1 aromatic rings. The van der Waals surface area contributed by atoms with E-state index in [9.17, 15) is 4.79 Å². The third-order valence-electron chi connectivity index (χ3n) is 1.95. The van der Waals surface area contributed by atoms with Gasteiger partial charge in [-0.2, -0.15) is 0 Å². The summed E-state index contributed by atoms with van der Waals surface area (Å²) in [4.78, 5) is 11.1. The Balaban J connectivity index is 3.36. The molecule has 0 aliphatic carbocycles. The first-order valence-corrected chi connectivity index (χ1v) is 4.37. The molecule has 0 fully saturated rings. The molecule has 0 saturated carbocycles. The summed E-state index contributed by atoms with van der Waals surface area (Å²) < 4.78 is 68.1. The van der Waals surface area contributed by atoms with Crippen LogP contribution < -0.4 is 0 Å². The molecule has 0 aliphatic rings. The van der Waals surface area contributed by atoms with Crippen molar-refractivity contribution in [3.63, 3.8) is 0 Å². The van der Waals surface area contributed by atoms with Gasteiger partial charge in [0.2, 0.25) is 0 Å². The van der Waals surface area contributed by atoms with Crippen LogP contribution in [-0.4, -0.2) is 11.1 Å². The number of carboxylic acid groups (broad SMARTS) is 1. The van der Waals surface area contributed by atoms with Crippen LogP contribution in [0.5, 0.6) is 0 Å². The molecule has 2 heteroatoms. The first-order valence-electron chi connectivity index (χ1n) is 8.87. The highest BCUT2D eigenvalue weighted by molar-refractivity contribution is 5.75. The zero-order chi connectivity index (χ0) is 19.1. The highest BCUT2D eigenvalue weighted by Gasteiger charge is 2.12. The molecule has 0 aromatic heterocycles. The predicted molar refractivity (Wildman–Crippen MR) is 61.0 cm³/mol. The number of carbonyl (C=O) groups is 1. The van der Waals surface area contributed by atoms with Gasteiger partial charge in [-0.1, -0.05) is 38.0 Å². The maximum Gasteiger partial charge on any atom is 0.310 e. The Morgan fingerprint density at radius 1 is 1.53 bits per heavy atom. The molecular formula is C13H18O2. The SMILES string of the molecule is [2H]C(C)(C(=O)O)c1ccc(C([2H])([2H])C(C([2H])([2H])[2H])C([2H])([2H])[2H])cc1. The summed E-state index contributed by atoms with van der Waals surface area (Å²) in [6.45, 7) is -4.97. The first kappa shape index (κ1) is 4.28. The van der Waals surface area contributed by atoms with Crippen LogP contribution in [0.1, 0.15) is 50.0 Å². The Labute approximate surface area is 104 Å². The molecule has 2 nitrogen and oxygen atoms in total. The third kappa shape index (κ3) is 3.39. The van der Waals surface area contributed by atoms with Crippen molar-refractivity contribution >= 4 is 5.97 Å². The van der Waals surface area contributed by atoms with Crippen molar-refractivity contribution in [3.8, 4) is 0 Å². The van der Waals surface area contributed by atoms with Crippen LogP contribution in [0, 0.1) is 5.92 Å². The van der Waals surface area contributed by atoms with E-state index >= 15 is 0 Å². The van der Waals surface area contributed by atoms with Gasteiger partial charge in [-0.3, -0.25) is 4.79 Å². The van der Waals surface area contributed by atoms with Crippen molar-refractivity contribution in [3.05, 3.63) is 35.4 Å². The van der Waals surface area contributed by atoms with E-state index in [0.29, 0.717) is 0 Å². The maximum absolute atomic E-state index is 11.1. The highest BCUT2D eigenvalue weighted by Crippen LogP contribution is 2.17. The van der Waals surface area contributed by atoms with E-state index < -0.39 is 37.9 Å². The number of benzene rings is 1. The van der Waals surface area contributed by atoms with E-state index in [0.717, 1.165) is 19.1 Å². The summed E-state index contributed by atoms with van der Waals surface area (Å²) in [6, 6.07) is 4.61. The standard InChI is InChI=1S/C13H18O2/c1-9(2)8-11-4-6-12(7-5-11)10(3)13(14)15/h4-7,9-10H,8H2,1-3H3,(H,14,15)/i1D3,2D3,8D2,10D. The Hall–Kier alpha value is -1.31. The number of hydrogen-bond donors (Lipinski definition) is 1. The summed E-state index contributed by atoms with van der Waals surface area (Å²) in [7, 11) is 0. The first-order chi connectivity index (χ1) is 10.5. The fraction of sp³-hybridized carbons (Fsp3) is 0.462. The summed E-state index contributed by atoms with van der Waals surface area (Å²) >= 11 is 0. The second-order valence-corrected chi connectivity index (χ2v) is 3.08. The molecule has 1 rings (SSSR count). The van der Waals surface area contributed by atoms with Gasteiger partial charge in [-0.05, 0) is 30.3 Å². The van der Waals surface area contributed by atoms with Gasteiger partial charge in [-0.15, -0.1) is 0 Å². The average molecular weight is 215 g/mol. The van der Waals surface area contributed by atoms with Crippen molar-refractivity contribution < 1.29 is 22.2 Å². The molecule has 1 aromatic carbocycles. The predicted octanol–water partition coefficient (Wildman–Crippen LogP) is 3.07. The Morgan fingerprint density at radius 3 is 2.60 bits per heavy atom. The smallest absolute Gasteiger partial charge is 0.310 e. The molecule has 1 atom stereocenters. The zero-order valence-electron chi connectivity index (χ0n) is 17.2. The topological polar surface area (TPSA) is 37.3 Å². The summed E-state index contributed by atoms with van der Waals surface area (Å²) in [6.07, 6.45) is -2.70. The lowest BCUT2D eigenvalue weighted by atomic mass is 9.97. The van der Waals surface area contributed by atoms with Crippen LogP contribution in [-0.2, 0) is 11.2 Å². The molecule has 0 spiro atoms. The van der Waals surface area contributed by atoms with Crippen molar-refractivity contribution in [2.45, 2.75) is 32.9 Å². The molecule has 82 valence electrons. The largest absolute Gasteiger partial charge is 0.481 e. The maximum atomic E-state index is 11.1. The Kier molecular flexibility index (Phi) is 1.42. The fourth-order valence-electron chi connectivity index (χ4n) is 1.11. The summed E-state index contributed by atoms with van der Waals surface area (Å²) in [5.74, 6) is -5.61. The number of hydrogen-bond acceptors (Lipinski definition) is 1. The van der Waals surface area contributed by atoms with E-state index in [1.54, 1.807) is 0 Å². The van der Waals surface area contributed by atoms with Crippen LogP contribution in [0.4, 0.5) is 0 Å². The molecule has 0 bridgehead atoms.